The monoisotopic (exact) mass is 301 g/mol. The molecule has 2 aromatic rings. The highest BCUT2D eigenvalue weighted by Gasteiger charge is 2.19. The van der Waals surface area contributed by atoms with E-state index in [0.29, 0.717) is 0 Å². The molecule has 0 amide bonds. The highest BCUT2D eigenvalue weighted by Crippen LogP contribution is 2.38. The second-order valence-corrected chi connectivity index (χ2v) is 6.95. The Morgan fingerprint density at radius 3 is 2.48 bits per heavy atom. The molecule has 1 aliphatic carbocycles. The fourth-order valence-electron chi connectivity index (χ4n) is 2.90. The van der Waals surface area contributed by atoms with Gasteiger partial charge in [-0.25, -0.2) is 4.39 Å². The Hall–Kier alpha value is -1.32. The van der Waals surface area contributed by atoms with Crippen LogP contribution >= 0.6 is 11.8 Å². The molecule has 2 atom stereocenters. The highest BCUT2D eigenvalue weighted by molar-refractivity contribution is 7.99. The molecule has 0 spiro atoms. The van der Waals surface area contributed by atoms with Crippen LogP contribution in [0.1, 0.15) is 35.3 Å². The van der Waals surface area contributed by atoms with Gasteiger partial charge in [0.05, 0.1) is 0 Å². The van der Waals surface area contributed by atoms with Gasteiger partial charge in [-0.2, -0.15) is 0 Å². The second kappa shape index (κ2) is 6.20. The summed E-state index contributed by atoms with van der Waals surface area (Å²) >= 11 is 1.77. The number of hydrogen-bond acceptors (Lipinski definition) is 2. The van der Waals surface area contributed by atoms with Crippen LogP contribution in [-0.4, -0.2) is 6.04 Å². The maximum atomic E-state index is 13.1. The molecular formula is C18H20FNS. The molecule has 2 unspecified atom stereocenters. The Morgan fingerprint density at radius 2 is 1.76 bits per heavy atom. The van der Waals surface area contributed by atoms with Gasteiger partial charge in [-0.1, -0.05) is 18.2 Å². The Labute approximate surface area is 129 Å². The molecule has 110 valence electrons. The maximum Gasteiger partial charge on any atom is 0.123 e. The number of fused-ring (bicyclic) bond motifs is 1. The fraction of sp³-hybridized carbons (Fsp3) is 0.333. The molecule has 1 aliphatic rings. The van der Waals surface area contributed by atoms with Crippen LogP contribution in [0.5, 0.6) is 0 Å². The van der Waals surface area contributed by atoms with Gasteiger partial charge >= 0.3 is 0 Å². The molecule has 2 N–H and O–H groups in total. The van der Waals surface area contributed by atoms with Crippen molar-refractivity contribution in [2.75, 3.05) is 0 Å². The first-order chi connectivity index (χ1) is 10.1. The summed E-state index contributed by atoms with van der Waals surface area (Å²) in [5.41, 5.74) is 10.2. The van der Waals surface area contributed by atoms with E-state index in [1.54, 1.807) is 11.8 Å². The van der Waals surface area contributed by atoms with E-state index in [4.69, 9.17) is 5.73 Å². The van der Waals surface area contributed by atoms with E-state index in [1.165, 1.54) is 47.4 Å². The van der Waals surface area contributed by atoms with Crippen molar-refractivity contribution in [3.05, 3.63) is 65.0 Å². The SMILES string of the molecule is CC(N)C(Sc1ccc2c(c1)CCC2)c1ccc(F)cc1. The smallest absolute Gasteiger partial charge is 0.123 e. The van der Waals surface area contributed by atoms with Gasteiger partial charge in [-0.3, -0.25) is 0 Å². The summed E-state index contributed by atoms with van der Waals surface area (Å²) in [6.45, 7) is 2.01. The van der Waals surface area contributed by atoms with E-state index in [1.807, 2.05) is 19.1 Å². The van der Waals surface area contributed by atoms with E-state index in [9.17, 15) is 4.39 Å². The Kier molecular flexibility index (Phi) is 4.32. The summed E-state index contributed by atoms with van der Waals surface area (Å²) in [5, 5.41) is 0.144. The van der Waals surface area contributed by atoms with Crippen molar-refractivity contribution in [1.82, 2.24) is 0 Å². The Balaban J connectivity index is 1.84. The van der Waals surface area contributed by atoms with Crippen molar-refractivity contribution in [3.63, 3.8) is 0 Å². The molecule has 0 fully saturated rings. The zero-order valence-electron chi connectivity index (χ0n) is 12.2. The number of nitrogens with two attached hydrogens (primary N) is 1. The van der Waals surface area contributed by atoms with E-state index < -0.39 is 0 Å². The molecule has 0 heterocycles. The van der Waals surface area contributed by atoms with Crippen LogP contribution in [0.25, 0.3) is 0 Å². The second-order valence-electron chi connectivity index (χ2n) is 5.73. The van der Waals surface area contributed by atoms with Gasteiger partial charge in [0.2, 0.25) is 0 Å². The normalized spacial score (nSPS) is 16.5. The third kappa shape index (κ3) is 3.30. The molecule has 3 heteroatoms. The Morgan fingerprint density at radius 1 is 1.05 bits per heavy atom. The van der Waals surface area contributed by atoms with E-state index in [0.717, 1.165) is 5.56 Å². The summed E-state index contributed by atoms with van der Waals surface area (Å²) in [6, 6.07) is 13.4. The molecule has 0 bridgehead atoms. The quantitative estimate of drug-likeness (QED) is 0.842. The van der Waals surface area contributed by atoms with Crippen LogP contribution in [0.3, 0.4) is 0 Å². The standard InChI is InChI=1S/C18H20FNS/c1-12(20)18(14-5-8-16(19)9-6-14)21-17-10-7-13-3-2-4-15(13)11-17/h5-12,18H,2-4,20H2,1H3. The van der Waals surface area contributed by atoms with Crippen molar-refractivity contribution in [2.24, 2.45) is 5.73 Å². The number of aryl methyl sites for hydroxylation is 2. The average Bonchev–Trinajstić information content (AvgIpc) is 2.93. The first-order valence-corrected chi connectivity index (χ1v) is 8.31. The van der Waals surface area contributed by atoms with E-state index in [-0.39, 0.29) is 17.1 Å². The molecular weight excluding hydrogens is 281 g/mol. The molecule has 0 saturated heterocycles. The molecule has 0 aliphatic heterocycles. The van der Waals surface area contributed by atoms with Crippen LogP contribution in [0.15, 0.2) is 47.4 Å². The first kappa shape index (κ1) is 14.6. The largest absolute Gasteiger partial charge is 0.327 e. The molecule has 0 aromatic heterocycles. The summed E-state index contributed by atoms with van der Waals surface area (Å²) in [7, 11) is 0. The minimum absolute atomic E-state index is 0.00807. The van der Waals surface area contributed by atoms with Crippen LogP contribution in [0.2, 0.25) is 0 Å². The van der Waals surface area contributed by atoms with Crippen molar-refractivity contribution in [2.45, 2.75) is 42.4 Å². The van der Waals surface area contributed by atoms with Gasteiger partial charge in [0.25, 0.3) is 0 Å². The zero-order chi connectivity index (χ0) is 14.8. The molecule has 0 radical (unpaired) electrons. The summed E-state index contributed by atoms with van der Waals surface area (Å²) < 4.78 is 13.1. The van der Waals surface area contributed by atoms with E-state index in [2.05, 4.69) is 18.2 Å². The van der Waals surface area contributed by atoms with Crippen molar-refractivity contribution in [1.29, 1.82) is 0 Å². The minimum Gasteiger partial charge on any atom is -0.327 e. The van der Waals surface area contributed by atoms with Crippen LogP contribution in [-0.2, 0) is 12.8 Å². The lowest BCUT2D eigenvalue weighted by Crippen LogP contribution is -2.22. The Bertz CT molecular complexity index is 622. The minimum atomic E-state index is -0.204. The predicted octanol–water partition coefficient (Wildman–Crippen LogP) is 4.50. The third-order valence-electron chi connectivity index (χ3n) is 4.01. The van der Waals surface area contributed by atoms with E-state index >= 15 is 0 Å². The van der Waals surface area contributed by atoms with Gasteiger partial charge in [-0.15, -0.1) is 11.8 Å². The highest BCUT2D eigenvalue weighted by atomic mass is 32.2. The fourth-order valence-corrected chi connectivity index (χ4v) is 4.06. The van der Waals surface area contributed by atoms with Gasteiger partial charge < -0.3 is 5.73 Å². The lowest BCUT2D eigenvalue weighted by molar-refractivity contribution is 0.625. The van der Waals surface area contributed by atoms with Crippen LogP contribution in [0.4, 0.5) is 4.39 Å². The van der Waals surface area contributed by atoms with Crippen LogP contribution in [0, 0.1) is 5.82 Å². The van der Waals surface area contributed by atoms with Gasteiger partial charge in [0.15, 0.2) is 0 Å². The summed E-state index contributed by atoms with van der Waals surface area (Å²) in [6.07, 6.45) is 3.65. The van der Waals surface area contributed by atoms with Gasteiger partial charge in [0.1, 0.15) is 5.82 Å². The number of halogens is 1. The zero-order valence-corrected chi connectivity index (χ0v) is 13.0. The molecule has 0 saturated carbocycles. The number of benzene rings is 2. The molecule has 21 heavy (non-hydrogen) atoms. The number of rotatable bonds is 4. The van der Waals surface area contributed by atoms with Gasteiger partial charge in [-0.05, 0) is 67.1 Å². The number of hydrogen-bond donors (Lipinski definition) is 1. The lowest BCUT2D eigenvalue weighted by atomic mass is 10.1. The van der Waals surface area contributed by atoms with Gasteiger partial charge in [0, 0.05) is 16.2 Å². The predicted molar refractivity (Wildman–Crippen MR) is 87.1 cm³/mol. The first-order valence-electron chi connectivity index (χ1n) is 7.43. The lowest BCUT2D eigenvalue weighted by Gasteiger charge is -2.21. The third-order valence-corrected chi connectivity index (χ3v) is 5.49. The molecule has 3 rings (SSSR count). The summed E-state index contributed by atoms with van der Waals surface area (Å²) in [4.78, 5) is 1.25. The molecule has 1 nitrogen and oxygen atoms in total. The van der Waals surface area contributed by atoms with Crippen molar-refractivity contribution >= 4 is 11.8 Å². The number of thioether (sulfide) groups is 1. The molecule has 2 aromatic carbocycles. The van der Waals surface area contributed by atoms with Crippen LogP contribution < -0.4 is 5.73 Å². The maximum absolute atomic E-state index is 13.1. The topological polar surface area (TPSA) is 26.0 Å². The average molecular weight is 301 g/mol. The summed E-state index contributed by atoms with van der Waals surface area (Å²) in [5.74, 6) is -0.204. The van der Waals surface area contributed by atoms with Crippen molar-refractivity contribution < 1.29 is 4.39 Å². The van der Waals surface area contributed by atoms with Crippen molar-refractivity contribution in [3.8, 4) is 0 Å².